The van der Waals surface area contributed by atoms with Crippen molar-refractivity contribution in [1.82, 2.24) is 20.3 Å². The second kappa shape index (κ2) is 10.7. The fraction of sp³-hybridized carbons (Fsp3) is 0.381. The number of hydrogen-bond donors (Lipinski definition) is 1. The van der Waals surface area contributed by atoms with Crippen LogP contribution in [0.3, 0.4) is 0 Å². The zero-order valence-electron chi connectivity index (χ0n) is 18.6. The predicted octanol–water partition coefficient (Wildman–Crippen LogP) is 1.36. The van der Waals surface area contributed by atoms with Crippen molar-refractivity contribution in [3.63, 3.8) is 0 Å². The van der Waals surface area contributed by atoms with Crippen LogP contribution in [0, 0.1) is 11.6 Å². The lowest BCUT2D eigenvalue weighted by atomic mass is 10.2. The number of aromatic nitrogens is 2. The smallest absolute Gasteiger partial charge is 0.414 e. The Morgan fingerprint density at radius 1 is 1.14 bits per heavy atom. The SMILES string of the molecule is O=C(NC[C@H]1CN(c2cc(F)c(N3CCON(C(=O)c4cnccn4)CC3)c(F)c2)C(=O)O1)C(F)F. The fourth-order valence-electron chi connectivity index (χ4n) is 3.71. The van der Waals surface area contributed by atoms with Crippen molar-refractivity contribution in [1.29, 1.82) is 0 Å². The van der Waals surface area contributed by atoms with Crippen LogP contribution in [0.2, 0.25) is 0 Å². The highest BCUT2D eigenvalue weighted by Crippen LogP contribution is 2.31. The molecular weight excluding hydrogens is 492 g/mol. The van der Waals surface area contributed by atoms with Gasteiger partial charge in [-0.25, -0.2) is 23.6 Å². The van der Waals surface area contributed by atoms with Gasteiger partial charge in [-0.15, -0.1) is 0 Å². The van der Waals surface area contributed by atoms with E-state index in [4.69, 9.17) is 9.57 Å². The third-order valence-corrected chi connectivity index (χ3v) is 5.40. The van der Waals surface area contributed by atoms with Crippen molar-refractivity contribution in [2.45, 2.75) is 12.5 Å². The minimum Gasteiger partial charge on any atom is -0.442 e. The average Bonchev–Trinajstić information content (AvgIpc) is 3.06. The molecule has 0 bridgehead atoms. The predicted molar refractivity (Wildman–Crippen MR) is 114 cm³/mol. The van der Waals surface area contributed by atoms with Gasteiger partial charge < -0.3 is 15.0 Å². The van der Waals surface area contributed by atoms with Gasteiger partial charge in [0, 0.05) is 37.6 Å². The van der Waals surface area contributed by atoms with Crippen LogP contribution in [0.1, 0.15) is 10.5 Å². The zero-order chi connectivity index (χ0) is 25.8. The fourth-order valence-corrected chi connectivity index (χ4v) is 3.71. The third kappa shape index (κ3) is 5.45. The number of benzene rings is 1. The number of nitrogens with zero attached hydrogens (tertiary/aromatic N) is 5. The molecule has 36 heavy (non-hydrogen) atoms. The minimum atomic E-state index is -3.23. The Bertz CT molecular complexity index is 1120. The molecule has 1 aromatic carbocycles. The molecule has 192 valence electrons. The van der Waals surface area contributed by atoms with Crippen LogP contribution in [0.25, 0.3) is 0 Å². The number of alkyl halides is 2. The molecule has 2 aliphatic rings. The van der Waals surface area contributed by atoms with E-state index in [9.17, 15) is 23.2 Å². The summed E-state index contributed by atoms with van der Waals surface area (Å²) in [5.41, 5.74) is -0.464. The molecule has 11 nitrogen and oxygen atoms in total. The first kappa shape index (κ1) is 25.1. The van der Waals surface area contributed by atoms with Crippen LogP contribution < -0.4 is 15.1 Å². The molecule has 1 atom stereocenters. The van der Waals surface area contributed by atoms with Gasteiger partial charge in [-0.3, -0.25) is 24.3 Å². The molecule has 0 radical (unpaired) electrons. The Labute approximate surface area is 201 Å². The molecule has 2 aromatic rings. The van der Waals surface area contributed by atoms with Crippen molar-refractivity contribution in [2.75, 3.05) is 49.1 Å². The van der Waals surface area contributed by atoms with Gasteiger partial charge in [0.2, 0.25) is 0 Å². The molecule has 0 aliphatic carbocycles. The van der Waals surface area contributed by atoms with Gasteiger partial charge >= 0.3 is 12.5 Å². The second-order valence-electron chi connectivity index (χ2n) is 7.74. The largest absolute Gasteiger partial charge is 0.442 e. The maximum atomic E-state index is 15.0. The van der Waals surface area contributed by atoms with Gasteiger partial charge in [0.25, 0.3) is 11.8 Å². The molecule has 15 heteroatoms. The van der Waals surface area contributed by atoms with E-state index >= 15 is 8.78 Å². The van der Waals surface area contributed by atoms with Crippen molar-refractivity contribution in [2.24, 2.45) is 0 Å². The van der Waals surface area contributed by atoms with Crippen LogP contribution in [0.4, 0.5) is 33.7 Å². The summed E-state index contributed by atoms with van der Waals surface area (Å²) in [7, 11) is 0. The lowest BCUT2D eigenvalue weighted by molar-refractivity contribution is -0.132. The Morgan fingerprint density at radius 3 is 2.56 bits per heavy atom. The molecule has 2 fully saturated rings. The van der Waals surface area contributed by atoms with Gasteiger partial charge in [-0.05, 0) is 0 Å². The van der Waals surface area contributed by atoms with E-state index in [2.05, 4.69) is 9.97 Å². The number of halogens is 4. The molecule has 4 rings (SSSR count). The van der Waals surface area contributed by atoms with Crippen LogP contribution in [0.15, 0.2) is 30.7 Å². The summed E-state index contributed by atoms with van der Waals surface area (Å²) < 4.78 is 59.7. The summed E-state index contributed by atoms with van der Waals surface area (Å²) in [6.07, 6.45) is -1.12. The number of carbonyl (C=O) groups excluding carboxylic acids is 3. The van der Waals surface area contributed by atoms with Gasteiger partial charge in [0.15, 0.2) is 11.6 Å². The third-order valence-electron chi connectivity index (χ3n) is 5.40. The monoisotopic (exact) mass is 512 g/mol. The number of nitrogens with one attached hydrogen (secondary N) is 1. The number of anilines is 2. The summed E-state index contributed by atoms with van der Waals surface area (Å²) in [4.78, 5) is 51.1. The molecule has 3 heterocycles. The second-order valence-corrected chi connectivity index (χ2v) is 7.74. The average molecular weight is 512 g/mol. The van der Waals surface area contributed by atoms with E-state index in [0.29, 0.717) is 0 Å². The first-order valence-corrected chi connectivity index (χ1v) is 10.7. The lowest BCUT2D eigenvalue weighted by Crippen LogP contribution is -2.37. The van der Waals surface area contributed by atoms with E-state index in [-0.39, 0.29) is 56.4 Å². The van der Waals surface area contributed by atoms with Crippen LogP contribution in [0.5, 0.6) is 0 Å². The van der Waals surface area contributed by atoms with E-state index < -0.39 is 42.1 Å². The zero-order valence-corrected chi connectivity index (χ0v) is 18.6. The quantitative estimate of drug-likeness (QED) is 0.577. The number of hydrogen-bond acceptors (Lipinski definition) is 8. The highest BCUT2D eigenvalue weighted by atomic mass is 19.3. The lowest BCUT2D eigenvalue weighted by Gasteiger charge is -2.24. The maximum absolute atomic E-state index is 15.0. The first-order chi connectivity index (χ1) is 17.2. The van der Waals surface area contributed by atoms with Gasteiger partial charge in [0.1, 0.15) is 17.5 Å². The summed E-state index contributed by atoms with van der Waals surface area (Å²) >= 11 is 0. The normalized spacial score (nSPS) is 18.3. The molecular formula is C21H20F4N6O5. The number of hydroxylamine groups is 2. The standard InChI is InChI=1S/C21H20F4N6O5/c22-14-7-12(30-11-13(36-21(30)34)9-28-19(32)18(24)25)8-15(23)17(14)29-3-4-31(35-6-5-29)20(33)16-10-26-1-2-27-16/h1-2,7-8,10,13,18H,3-6,9,11H2,(H,28,32)/t13-/m0/s1. The van der Waals surface area contributed by atoms with Crippen molar-refractivity contribution in [3.8, 4) is 0 Å². The number of carbonyl (C=O) groups is 3. The number of ether oxygens (including phenoxy) is 1. The Balaban J connectivity index is 1.43. The summed E-state index contributed by atoms with van der Waals surface area (Å²) in [6.45, 7) is -0.548. The summed E-state index contributed by atoms with van der Waals surface area (Å²) in [6, 6.07) is 1.88. The van der Waals surface area contributed by atoms with Crippen LogP contribution in [-0.2, 0) is 14.4 Å². The van der Waals surface area contributed by atoms with Crippen LogP contribution >= 0.6 is 0 Å². The molecule has 0 saturated carbocycles. The Hall–Kier alpha value is -4.01. The molecule has 1 N–H and O–H groups in total. The van der Waals surface area contributed by atoms with Gasteiger partial charge in [-0.2, -0.15) is 8.78 Å². The Morgan fingerprint density at radius 2 is 1.89 bits per heavy atom. The molecule has 1 aromatic heterocycles. The van der Waals surface area contributed by atoms with Crippen molar-refractivity contribution < 1.29 is 41.5 Å². The van der Waals surface area contributed by atoms with E-state index in [0.717, 1.165) is 22.1 Å². The first-order valence-electron chi connectivity index (χ1n) is 10.7. The molecule has 3 amide bonds. The summed E-state index contributed by atoms with van der Waals surface area (Å²) in [5.74, 6) is -4.01. The molecule has 2 aliphatic heterocycles. The topological polar surface area (TPSA) is 117 Å². The minimum absolute atomic E-state index is 0.0134. The summed E-state index contributed by atoms with van der Waals surface area (Å²) in [5, 5.41) is 2.97. The van der Waals surface area contributed by atoms with E-state index in [1.807, 2.05) is 5.32 Å². The van der Waals surface area contributed by atoms with Gasteiger partial charge in [0.05, 0.1) is 38.1 Å². The van der Waals surface area contributed by atoms with Crippen molar-refractivity contribution >= 4 is 29.3 Å². The number of amides is 3. The van der Waals surface area contributed by atoms with Gasteiger partial charge in [-0.1, -0.05) is 0 Å². The molecule has 0 unspecified atom stereocenters. The van der Waals surface area contributed by atoms with E-state index in [1.165, 1.54) is 23.5 Å². The highest BCUT2D eigenvalue weighted by Gasteiger charge is 2.34. The van der Waals surface area contributed by atoms with Crippen LogP contribution in [-0.4, -0.2) is 84.8 Å². The van der Waals surface area contributed by atoms with E-state index in [1.54, 1.807) is 0 Å². The Kier molecular flexibility index (Phi) is 7.47. The van der Waals surface area contributed by atoms with Crippen molar-refractivity contribution in [3.05, 3.63) is 48.1 Å². The maximum Gasteiger partial charge on any atom is 0.414 e. The molecule has 2 saturated heterocycles. The number of cyclic esters (lactones) is 1. The molecule has 0 spiro atoms. The number of rotatable bonds is 6. The highest BCUT2D eigenvalue weighted by molar-refractivity contribution is 5.91.